The first kappa shape index (κ1) is 10.3. The van der Waals surface area contributed by atoms with Gasteiger partial charge in [0.1, 0.15) is 5.52 Å². The summed E-state index contributed by atoms with van der Waals surface area (Å²) < 4.78 is 0. The normalized spacial score (nSPS) is 16.4. The van der Waals surface area contributed by atoms with Crippen LogP contribution in [0.2, 0.25) is 0 Å². The van der Waals surface area contributed by atoms with Crippen molar-refractivity contribution in [3.63, 3.8) is 0 Å². The monoisotopic (exact) mass is 230 g/mol. The molecular weight excluding hydrogens is 216 g/mol. The van der Waals surface area contributed by atoms with Crippen LogP contribution in [0, 0.1) is 5.21 Å². The fraction of sp³-hybridized carbons (Fsp3) is 0.417. The molecule has 2 aromatic rings. The Morgan fingerprint density at radius 3 is 2.71 bits per heavy atom. The fourth-order valence-electron chi connectivity index (χ4n) is 2.21. The molecule has 88 valence electrons. The molecule has 1 aliphatic rings. The third-order valence-electron chi connectivity index (χ3n) is 3.13. The quantitative estimate of drug-likeness (QED) is 0.546. The van der Waals surface area contributed by atoms with E-state index in [4.69, 9.17) is 0 Å². The highest BCUT2D eigenvalue weighted by molar-refractivity contribution is 5.71. The van der Waals surface area contributed by atoms with Crippen molar-refractivity contribution in [3.05, 3.63) is 29.5 Å². The Bertz CT molecular complexity index is 537. The van der Waals surface area contributed by atoms with Crippen LogP contribution in [-0.4, -0.2) is 23.2 Å². The first-order chi connectivity index (χ1) is 8.34. The van der Waals surface area contributed by atoms with Crippen molar-refractivity contribution >= 4 is 17.0 Å². The van der Waals surface area contributed by atoms with Crippen LogP contribution in [0.5, 0.6) is 0 Å². The second-order valence-corrected chi connectivity index (χ2v) is 4.32. The molecule has 0 bridgehead atoms. The zero-order chi connectivity index (χ0) is 11.7. The summed E-state index contributed by atoms with van der Waals surface area (Å²) in [5.74, 6) is 0.554. The van der Waals surface area contributed by atoms with E-state index >= 15 is 0 Å². The summed E-state index contributed by atoms with van der Waals surface area (Å²) in [6.45, 7) is 1.89. The lowest BCUT2D eigenvalue weighted by atomic mass is 10.1. The van der Waals surface area contributed by atoms with Gasteiger partial charge in [0, 0.05) is 19.2 Å². The molecule has 0 atom stereocenters. The summed E-state index contributed by atoms with van der Waals surface area (Å²) in [6.07, 6.45) is 3.55. The van der Waals surface area contributed by atoms with E-state index in [1.807, 2.05) is 18.2 Å². The van der Waals surface area contributed by atoms with Gasteiger partial charge < -0.3 is 10.1 Å². The summed E-state index contributed by atoms with van der Waals surface area (Å²) in [7, 11) is 0. The Balaban J connectivity index is 2.05. The van der Waals surface area contributed by atoms with Crippen molar-refractivity contribution < 1.29 is 4.85 Å². The minimum absolute atomic E-state index is 0.522. The molecule has 2 heterocycles. The van der Waals surface area contributed by atoms with Gasteiger partial charge in [-0.15, -0.1) is 0 Å². The van der Waals surface area contributed by atoms with Gasteiger partial charge in [0.15, 0.2) is 0 Å². The van der Waals surface area contributed by atoms with Crippen LogP contribution in [0.1, 0.15) is 19.3 Å². The molecule has 0 amide bonds. The highest BCUT2D eigenvalue weighted by Gasteiger charge is 2.18. The Morgan fingerprint density at radius 1 is 1.12 bits per heavy atom. The molecule has 3 rings (SSSR count). The van der Waals surface area contributed by atoms with Crippen LogP contribution in [0.15, 0.2) is 24.3 Å². The summed E-state index contributed by atoms with van der Waals surface area (Å²) in [6, 6.07) is 7.29. The van der Waals surface area contributed by atoms with Crippen LogP contribution >= 0.6 is 0 Å². The highest BCUT2D eigenvalue weighted by atomic mass is 16.5. The van der Waals surface area contributed by atoms with E-state index in [-0.39, 0.29) is 0 Å². The van der Waals surface area contributed by atoms with Gasteiger partial charge >= 0.3 is 0 Å². The molecule has 0 unspecified atom stereocenters. The van der Waals surface area contributed by atoms with Gasteiger partial charge in [-0.1, -0.05) is 12.1 Å². The van der Waals surface area contributed by atoms with Crippen molar-refractivity contribution in [2.45, 2.75) is 19.3 Å². The van der Waals surface area contributed by atoms with Crippen molar-refractivity contribution in [2.24, 2.45) is 0 Å². The maximum Gasteiger partial charge on any atom is 0.293 e. The van der Waals surface area contributed by atoms with Crippen LogP contribution in [0.4, 0.5) is 5.95 Å². The largest absolute Gasteiger partial charge is 0.594 e. The third kappa shape index (κ3) is 1.88. The standard InChI is InChI=1S/C12H14N4O/c17-16-11-7-3-2-6-10(11)13-12(14-16)15-8-4-1-5-9-15/h2-3,6-7H,1,4-5,8-9H2. The van der Waals surface area contributed by atoms with E-state index in [2.05, 4.69) is 15.0 Å². The molecule has 1 saturated heterocycles. The highest BCUT2D eigenvalue weighted by Crippen LogP contribution is 2.16. The van der Waals surface area contributed by atoms with Gasteiger partial charge in [0.05, 0.1) is 5.10 Å². The number of nitrogens with zero attached hydrogens (tertiary/aromatic N) is 4. The average Bonchev–Trinajstić information content (AvgIpc) is 2.40. The number of anilines is 1. The average molecular weight is 230 g/mol. The Morgan fingerprint density at radius 2 is 1.88 bits per heavy atom. The van der Waals surface area contributed by atoms with E-state index in [0.29, 0.717) is 21.8 Å². The molecule has 0 radical (unpaired) electrons. The molecule has 0 N–H and O–H groups in total. The molecule has 1 fully saturated rings. The molecule has 1 aliphatic heterocycles. The third-order valence-corrected chi connectivity index (χ3v) is 3.13. The number of hydrogen-bond acceptors (Lipinski definition) is 4. The van der Waals surface area contributed by atoms with Crippen molar-refractivity contribution in [1.82, 2.24) is 10.1 Å². The zero-order valence-corrected chi connectivity index (χ0v) is 9.54. The molecule has 5 nitrogen and oxygen atoms in total. The number of aromatic nitrogens is 3. The number of fused-ring (bicyclic) bond motifs is 1. The van der Waals surface area contributed by atoms with E-state index in [1.165, 1.54) is 6.42 Å². The zero-order valence-electron chi connectivity index (χ0n) is 9.54. The summed E-state index contributed by atoms with van der Waals surface area (Å²) in [5, 5.41) is 15.8. The van der Waals surface area contributed by atoms with E-state index in [0.717, 1.165) is 25.9 Å². The lowest BCUT2D eigenvalue weighted by Crippen LogP contribution is -2.38. The molecule has 1 aromatic carbocycles. The second kappa shape index (κ2) is 4.16. The first-order valence-corrected chi connectivity index (χ1v) is 5.96. The minimum Gasteiger partial charge on any atom is -0.594 e. The van der Waals surface area contributed by atoms with Crippen molar-refractivity contribution in [1.29, 1.82) is 0 Å². The summed E-state index contributed by atoms with van der Waals surface area (Å²) >= 11 is 0. The molecule has 1 aromatic heterocycles. The van der Waals surface area contributed by atoms with Gasteiger partial charge in [-0.05, 0) is 30.2 Å². The predicted octanol–water partition coefficient (Wildman–Crippen LogP) is 1.25. The molecule has 5 heteroatoms. The van der Waals surface area contributed by atoms with Crippen LogP contribution in [-0.2, 0) is 0 Å². The second-order valence-electron chi connectivity index (χ2n) is 4.32. The molecule has 0 spiro atoms. The van der Waals surface area contributed by atoms with Crippen LogP contribution in [0.25, 0.3) is 11.0 Å². The van der Waals surface area contributed by atoms with Gasteiger partial charge in [-0.2, -0.15) is 0 Å². The van der Waals surface area contributed by atoms with Gasteiger partial charge in [0.25, 0.3) is 11.5 Å². The number of hydrogen-bond donors (Lipinski definition) is 0. The first-order valence-electron chi connectivity index (χ1n) is 5.96. The Kier molecular flexibility index (Phi) is 2.51. The minimum atomic E-state index is 0.522. The Hall–Kier alpha value is -1.91. The lowest BCUT2D eigenvalue weighted by molar-refractivity contribution is -0.641. The lowest BCUT2D eigenvalue weighted by Gasteiger charge is -2.25. The number of benzene rings is 1. The SMILES string of the molecule is [O-][n+]1nc(N2CCCCC2)nc2ccccc21. The van der Waals surface area contributed by atoms with Crippen LogP contribution in [0.3, 0.4) is 0 Å². The molecule has 0 aliphatic carbocycles. The smallest absolute Gasteiger partial charge is 0.293 e. The maximum atomic E-state index is 11.8. The van der Waals surface area contributed by atoms with E-state index < -0.39 is 0 Å². The van der Waals surface area contributed by atoms with Gasteiger partial charge in [-0.25, -0.2) is 4.98 Å². The predicted molar refractivity (Wildman–Crippen MR) is 64.6 cm³/mol. The van der Waals surface area contributed by atoms with E-state index in [1.54, 1.807) is 6.07 Å². The van der Waals surface area contributed by atoms with Gasteiger partial charge in [0.2, 0.25) is 0 Å². The molecule has 0 saturated carbocycles. The summed E-state index contributed by atoms with van der Waals surface area (Å²) in [5.41, 5.74) is 1.23. The fourth-order valence-corrected chi connectivity index (χ4v) is 2.21. The topological polar surface area (TPSA) is 56.0 Å². The van der Waals surface area contributed by atoms with E-state index in [9.17, 15) is 5.21 Å². The molecular formula is C12H14N4O. The van der Waals surface area contributed by atoms with Gasteiger partial charge in [-0.3, -0.25) is 0 Å². The summed E-state index contributed by atoms with van der Waals surface area (Å²) in [4.78, 5) is 7.21. The molecule has 17 heavy (non-hydrogen) atoms. The Labute approximate surface area is 99.3 Å². The van der Waals surface area contributed by atoms with Crippen LogP contribution < -0.4 is 9.75 Å². The van der Waals surface area contributed by atoms with Crippen molar-refractivity contribution in [2.75, 3.05) is 18.0 Å². The van der Waals surface area contributed by atoms with Crippen molar-refractivity contribution in [3.8, 4) is 0 Å². The number of piperidine rings is 1. The number of rotatable bonds is 1. The maximum absolute atomic E-state index is 11.8. The number of para-hydroxylation sites is 2.